The summed E-state index contributed by atoms with van der Waals surface area (Å²) in [7, 11) is 0. The summed E-state index contributed by atoms with van der Waals surface area (Å²) in [6, 6.07) is -1.44. The maximum absolute atomic E-state index is 10.8. The Kier molecular flexibility index (Phi) is 5.53. The molecule has 0 bridgehead atoms. The second-order valence-electron chi connectivity index (χ2n) is 6.65. The predicted molar refractivity (Wildman–Crippen MR) is 93.1 cm³/mol. The number of aliphatic hydroxyl groups is 2. The van der Waals surface area contributed by atoms with Crippen LogP contribution in [0.2, 0.25) is 0 Å². The van der Waals surface area contributed by atoms with Crippen molar-refractivity contribution in [2.24, 2.45) is 11.5 Å². The van der Waals surface area contributed by atoms with E-state index in [9.17, 15) is 15.0 Å². The first kappa shape index (κ1) is 19.4. The van der Waals surface area contributed by atoms with E-state index in [4.69, 9.17) is 27.0 Å². The normalized spacial score (nSPS) is 27.7. The molecule has 0 amide bonds. The zero-order chi connectivity index (χ0) is 19.7. The zero-order valence-corrected chi connectivity index (χ0v) is 14.4. The third-order valence-electron chi connectivity index (χ3n) is 4.70. The van der Waals surface area contributed by atoms with Crippen molar-refractivity contribution >= 4 is 23.0 Å². The molecule has 1 saturated heterocycles. The number of nitrogen functional groups attached to an aromatic ring is 1. The second-order valence-corrected chi connectivity index (χ2v) is 6.65. The molecule has 0 saturated carbocycles. The number of rotatable bonds is 7. The number of aliphatic hydroxyl groups excluding tert-OH is 2. The number of fused-ring (bicyclic) bond motifs is 1. The Morgan fingerprint density at radius 1 is 1.22 bits per heavy atom. The average Bonchev–Trinajstić information content (AvgIpc) is 3.17. The number of carboxylic acids is 1. The van der Waals surface area contributed by atoms with Gasteiger partial charge in [-0.2, -0.15) is 0 Å². The first-order chi connectivity index (χ1) is 12.8. The summed E-state index contributed by atoms with van der Waals surface area (Å²) in [5, 5.41) is 29.5. The highest BCUT2D eigenvalue weighted by molar-refractivity contribution is 5.81. The number of aromatic nitrogens is 4. The molecule has 1 fully saturated rings. The molecule has 3 rings (SSSR count). The number of imidazole rings is 1. The topological polar surface area (TPSA) is 209 Å². The SMILES string of the molecule is Nc1ncnc2c1ncn2[C@@H]1O[C@H](CC(N)CC[C@H](N)C(=O)O)[C@@H](O)[C@H]1O. The van der Waals surface area contributed by atoms with Crippen molar-refractivity contribution < 1.29 is 24.9 Å². The van der Waals surface area contributed by atoms with Gasteiger partial charge in [0.25, 0.3) is 0 Å². The summed E-state index contributed by atoms with van der Waals surface area (Å²) in [4.78, 5) is 22.8. The predicted octanol–water partition coefficient (Wildman–Crippen LogP) is -2.06. The van der Waals surface area contributed by atoms with E-state index in [1.165, 1.54) is 17.2 Å². The summed E-state index contributed by atoms with van der Waals surface area (Å²) in [6.45, 7) is 0. The highest BCUT2D eigenvalue weighted by Gasteiger charge is 2.44. The summed E-state index contributed by atoms with van der Waals surface area (Å²) < 4.78 is 7.28. The third-order valence-corrected chi connectivity index (χ3v) is 4.70. The van der Waals surface area contributed by atoms with Crippen molar-refractivity contribution in [3.63, 3.8) is 0 Å². The van der Waals surface area contributed by atoms with Crippen LogP contribution in [0.3, 0.4) is 0 Å². The number of hydrogen-bond acceptors (Lipinski definition) is 10. The van der Waals surface area contributed by atoms with Crippen molar-refractivity contribution in [1.82, 2.24) is 19.5 Å². The first-order valence-electron chi connectivity index (χ1n) is 8.48. The van der Waals surface area contributed by atoms with Gasteiger partial charge in [0, 0.05) is 6.04 Å². The van der Waals surface area contributed by atoms with Crippen molar-refractivity contribution in [3.05, 3.63) is 12.7 Å². The fourth-order valence-corrected chi connectivity index (χ4v) is 3.14. The van der Waals surface area contributed by atoms with Crippen molar-refractivity contribution in [2.75, 3.05) is 5.73 Å². The number of aliphatic carboxylic acids is 1. The molecule has 1 aliphatic heterocycles. The third kappa shape index (κ3) is 3.84. The van der Waals surface area contributed by atoms with Crippen molar-refractivity contribution in [3.8, 4) is 0 Å². The number of ether oxygens (including phenoxy) is 1. The molecule has 1 unspecified atom stereocenters. The number of hydrogen-bond donors (Lipinski definition) is 6. The van der Waals surface area contributed by atoms with E-state index in [2.05, 4.69) is 15.0 Å². The number of nitrogens with two attached hydrogens (primary N) is 3. The quantitative estimate of drug-likeness (QED) is 0.307. The van der Waals surface area contributed by atoms with Crippen LogP contribution < -0.4 is 17.2 Å². The molecule has 0 spiro atoms. The maximum atomic E-state index is 10.8. The minimum absolute atomic E-state index is 0.195. The van der Waals surface area contributed by atoms with Gasteiger partial charge >= 0.3 is 5.97 Å². The largest absolute Gasteiger partial charge is 0.480 e. The lowest BCUT2D eigenvalue weighted by Gasteiger charge is -2.20. The Morgan fingerprint density at radius 2 is 1.96 bits per heavy atom. The van der Waals surface area contributed by atoms with Crippen molar-refractivity contribution in [1.29, 1.82) is 0 Å². The smallest absolute Gasteiger partial charge is 0.320 e. The first-order valence-corrected chi connectivity index (χ1v) is 8.48. The van der Waals surface area contributed by atoms with E-state index < -0.39 is 42.6 Å². The molecule has 12 heteroatoms. The summed E-state index contributed by atoms with van der Waals surface area (Å²) in [5.74, 6) is -0.900. The molecule has 148 valence electrons. The molecule has 2 aromatic heterocycles. The van der Waals surface area contributed by atoms with E-state index in [1.807, 2.05) is 0 Å². The number of carbonyl (C=O) groups is 1. The van der Waals surface area contributed by atoms with E-state index in [-0.39, 0.29) is 18.7 Å². The van der Waals surface area contributed by atoms with Gasteiger partial charge in [-0.3, -0.25) is 9.36 Å². The number of carboxylic acid groups (broad SMARTS) is 1. The van der Waals surface area contributed by atoms with E-state index in [0.29, 0.717) is 17.6 Å². The molecule has 0 aromatic carbocycles. The van der Waals surface area contributed by atoms with E-state index >= 15 is 0 Å². The van der Waals surface area contributed by atoms with Crippen LogP contribution in [0.1, 0.15) is 25.5 Å². The monoisotopic (exact) mass is 381 g/mol. The standard InChI is InChI=1S/C15H23N7O5/c16-6(1-2-7(17)15(25)26)3-8-10(23)11(24)14(27-8)22-5-21-9-12(18)19-4-20-13(9)22/h4-8,10-11,14,23-24H,1-3,16-17H2,(H,25,26)(H2,18,19,20)/t6?,7-,8+,10+,11+,14+/m0/s1. The van der Waals surface area contributed by atoms with Gasteiger partial charge < -0.3 is 37.3 Å². The van der Waals surface area contributed by atoms with Gasteiger partial charge in [0.05, 0.1) is 12.4 Å². The van der Waals surface area contributed by atoms with Gasteiger partial charge in [0.2, 0.25) is 0 Å². The molecule has 12 nitrogen and oxygen atoms in total. The van der Waals surface area contributed by atoms with Gasteiger partial charge in [-0.1, -0.05) is 0 Å². The lowest BCUT2D eigenvalue weighted by Crippen LogP contribution is -2.37. The van der Waals surface area contributed by atoms with Crippen LogP contribution in [0.25, 0.3) is 11.2 Å². The molecule has 2 aromatic rings. The number of anilines is 1. The molecule has 1 aliphatic rings. The molecular weight excluding hydrogens is 358 g/mol. The molecule has 9 N–H and O–H groups in total. The van der Waals surface area contributed by atoms with Gasteiger partial charge in [-0.25, -0.2) is 15.0 Å². The van der Waals surface area contributed by atoms with Crippen LogP contribution in [-0.4, -0.2) is 71.2 Å². The van der Waals surface area contributed by atoms with Crippen LogP contribution in [0.15, 0.2) is 12.7 Å². The Labute approximate surface area is 154 Å². The Hall–Kier alpha value is -2.38. The van der Waals surface area contributed by atoms with Gasteiger partial charge in [-0.05, 0) is 19.3 Å². The van der Waals surface area contributed by atoms with Gasteiger partial charge in [0.15, 0.2) is 17.7 Å². The van der Waals surface area contributed by atoms with E-state index in [0.717, 1.165) is 0 Å². The summed E-state index contributed by atoms with van der Waals surface area (Å²) in [5.41, 5.74) is 18.0. The highest BCUT2D eigenvalue weighted by Crippen LogP contribution is 2.33. The average molecular weight is 381 g/mol. The number of nitrogens with zero attached hydrogens (tertiary/aromatic N) is 4. The second kappa shape index (κ2) is 7.70. The minimum atomic E-state index is -1.22. The molecule has 3 heterocycles. The molecule has 0 aliphatic carbocycles. The molecule has 6 atom stereocenters. The van der Waals surface area contributed by atoms with E-state index in [1.54, 1.807) is 0 Å². The fourth-order valence-electron chi connectivity index (χ4n) is 3.14. The van der Waals surface area contributed by atoms with Crippen LogP contribution in [-0.2, 0) is 9.53 Å². The highest BCUT2D eigenvalue weighted by atomic mass is 16.6. The molecule has 27 heavy (non-hydrogen) atoms. The van der Waals surface area contributed by atoms with Gasteiger partial charge in [0.1, 0.15) is 30.1 Å². The van der Waals surface area contributed by atoms with Crippen LogP contribution >= 0.6 is 0 Å². The minimum Gasteiger partial charge on any atom is -0.480 e. The fraction of sp³-hybridized carbons (Fsp3) is 0.600. The van der Waals surface area contributed by atoms with Crippen LogP contribution in [0.4, 0.5) is 5.82 Å². The Bertz CT molecular complexity index is 815. The maximum Gasteiger partial charge on any atom is 0.320 e. The lowest BCUT2D eigenvalue weighted by molar-refractivity contribution is -0.138. The Morgan fingerprint density at radius 3 is 2.67 bits per heavy atom. The summed E-state index contributed by atoms with van der Waals surface area (Å²) in [6.07, 6.45) is -0.604. The summed E-state index contributed by atoms with van der Waals surface area (Å²) >= 11 is 0. The van der Waals surface area contributed by atoms with Crippen LogP contribution in [0, 0.1) is 0 Å². The zero-order valence-electron chi connectivity index (χ0n) is 14.4. The Balaban J connectivity index is 1.68. The van der Waals surface area contributed by atoms with Crippen LogP contribution in [0.5, 0.6) is 0 Å². The van der Waals surface area contributed by atoms with Gasteiger partial charge in [-0.15, -0.1) is 0 Å². The van der Waals surface area contributed by atoms with Crippen molar-refractivity contribution in [2.45, 2.75) is 55.9 Å². The molecule has 0 radical (unpaired) electrons. The lowest BCUT2D eigenvalue weighted by atomic mass is 9.98. The molecular formula is C15H23N7O5.